The van der Waals surface area contributed by atoms with Gasteiger partial charge in [0, 0.05) is 12.6 Å². The van der Waals surface area contributed by atoms with Gasteiger partial charge in [0.1, 0.15) is 11.5 Å². The number of aromatic nitrogens is 1. The largest absolute Gasteiger partial charge is 0.573 e. The molecule has 1 aromatic rings. The molecule has 0 saturated heterocycles. The van der Waals surface area contributed by atoms with Crippen LogP contribution in [0.25, 0.3) is 0 Å². The molecule has 1 heterocycles. The van der Waals surface area contributed by atoms with Crippen LogP contribution in [0, 0.1) is 0 Å². The van der Waals surface area contributed by atoms with Crippen LogP contribution in [0.5, 0.6) is 5.75 Å². The summed E-state index contributed by atoms with van der Waals surface area (Å²) in [6.07, 6.45) is -4.84. The first-order valence-corrected chi connectivity index (χ1v) is 3.84. The molecule has 0 unspecified atom stereocenters. The predicted octanol–water partition coefficient (Wildman–Crippen LogP) is 0.603. The van der Waals surface area contributed by atoms with Gasteiger partial charge < -0.3 is 21.9 Å². The molecule has 1 rings (SSSR count). The zero-order chi connectivity index (χ0) is 11.6. The van der Waals surface area contributed by atoms with E-state index in [0.29, 0.717) is 0 Å². The third-order valence-electron chi connectivity index (χ3n) is 1.50. The average molecular weight is 222 g/mol. The summed E-state index contributed by atoms with van der Waals surface area (Å²) in [6.45, 7) is -0.249. The van der Waals surface area contributed by atoms with Gasteiger partial charge in [0.15, 0.2) is 5.75 Å². The molecular formula is C7H9F3N4O. The summed E-state index contributed by atoms with van der Waals surface area (Å²) in [5.74, 6) is -0.610. The van der Waals surface area contributed by atoms with Crippen LogP contribution < -0.4 is 21.9 Å². The molecular weight excluding hydrogens is 213 g/mol. The predicted molar refractivity (Wildman–Crippen MR) is 47.6 cm³/mol. The van der Waals surface area contributed by atoms with Crippen LogP contribution in [0.1, 0.15) is 5.69 Å². The van der Waals surface area contributed by atoms with E-state index in [9.17, 15) is 13.2 Å². The molecule has 0 saturated carbocycles. The van der Waals surface area contributed by atoms with Gasteiger partial charge in [-0.05, 0) is 0 Å². The fourth-order valence-electron chi connectivity index (χ4n) is 1.00. The number of rotatable bonds is 2. The monoisotopic (exact) mass is 222 g/mol. The lowest BCUT2D eigenvalue weighted by Gasteiger charge is -2.14. The zero-order valence-corrected chi connectivity index (χ0v) is 7.51. The summed E-state index contributed by atoms with van der Waals surface area (Å²) < 4.78 is 39.6. The summed E-state index contributed by atoms with van der Waals surface area (Å²) in [5, 5.41) is 0. The second kappa shape index (κ2) is 3.81. The van der Waals surface area contributed by atoms with Gasteiger partial charge in [0.05, 0.1) is 5.69 Å². The van der Waals surface area contributed by atoms with Gasteiger partial charge in [-0.25, -0.2) is 4.98 Å². The Morgan fingerprint density at radius 2 is 1.93 bits per heavy atom. The minimum Gasteiger partial charge on any atom is -0.402 e. The molecule has 0 aliphatic heterocycles. The van der Waals surface area contributed by atoms with E-state index >= 15 is 0 Å². The van der Waals surface area contributed by atoms with Crippen molar-refractivity contribution in [2.75, 3.05) is 11.5 Å². The van der Waals surface area contributed by atoms with E-state index in [1.165, 1.54) is 0 Å². The van der Waals surface area contributed by atoms with Gasteiger partial charge in [-0.1, -0.05) is 0 Å². The molecule has 0 spiro atoms. The molecule has 0 aliphatic carbocycles. The maximum absolute atomic E-state index is 12.0. The molecule has 0 fully saturated rings. The molecule has 0 atom stereocenters. The summed E-state index contributed by atoms with van der Waals surface area (Å²) in [4.78, 5) is 3.58. The summed E-state index contributed by atoms with van der Waals surface area (Å²) in [5.41, 5.74) is 15.4. The Morgan fingerprint density at radius 1 is 1.33 bits per heavy atom. The molecule has 15 heavy (non-hydrogen) atoms. The van der Waals surface area contributed by atoms with Gasteiger partial charge >= 0.3 is 6.36 Å². The van der Waals surface area contributed by atoms with Gasteiger partial charge in [-0.2, -0.15) is 0 Å². The molecule has 6 N–H and O–H groups in total. The smallest absolute Gasteiger partial charge is 0.402 e. The third kappa shape index (κ3) is 2.88. The molecule has 8 heteroatoms. The normalized spacial score (nSPS) is 11.5. The van der Waals surface area contributed by atoms with Crippen molar-refractivity contribution < 1.29 is 17.9 Å². The summed E-state index contributed by atoms with van der Waals surface area (Å²) in [7, 11) is 0. The second-order valence-corrected chi connectivity index (χ2v) is 2.66. The number of anilines is 2. The lowest BCUT2D eigenvalue weighted by molar-refractivity contribution is -0.274. The van der Waals surface area contributed by atoms with Crippen LogP contribution in [0.4, 0.5) is 24.7 Å². The third-order valence-corrected chi connectivity index (χ3v) is 1.50. The fourth-order valence-corrected chi connectivity index (χ4v) is 1.00. The van der Waals surface area contributed by atoms with E-state index in [0.717, 1.165) is 6.07 Å². The van der Waals surface area contributed by atoms with Gasteiger partial charge in [-0.15, -0.1) is 13.2 Å². The number of nitrogen functional groups attached to an aromatic ring is 2. The minimum absolute atomic E-state index is 0.0116. The maximum Gasteiger partial charge on any atom is 0.573 e. The fraction of sp³-hybridized carbons (Fsp3) is 0.286. The van der Waals surface area contributed by atoms with E-state index < -0.39 is 12.1 Å². The molecule has 84 valence electrons. The van der Waals surface area contributed by atoms with Gasteiger partial charge in [0.2, 0.25) is 0 Å². The Balaban J connectivity index is 3.15. The standard InChI is InChI=1S/C7H9F3N4O/c8-7(9,10)15-6-3(12)1-5(13)14-4(6)2-11/h1H,2,11H2,(H4,12,13,14). The summed E-state index contributed by atoms with van der Waals surface area (Å²) in [6, 6.07) is 1.07. The van der Waals surface area contributed by atoms with Crippen molar-refractivity contribution in [1.29, 1.82) is 0 Å². The lowest BCUT2D eigenvalue weighted by Crippen LogP contribution is -2.20. The van der Waals surface area contributed by atoms with Crippen molar-refractivity contribution in [3.63, 3.8) is 0 Å². The number of alkyl halides is 3. The Kier molecular flexibility index (Phi) is 2.89. The number of hydrogen-bond donors (Lipinski definition) is 3. The van der Waals surface area contributed by atoms with Crippen molar-refractivity contribution in [2.24, 2.45) is 5.73 Å². The van der Waals surface area contributed by atoms with Gasteiger partial charge in [0.25, 0.3) is 0 Å². The Hall–Kier alpha value is -1.70. The SMILES string of the molecule is NCc1nc(N)cc(N)c1OC(F)(F)F. The molecule has 0 radical (unpaired) electrons. The topological polar surface area (TPSA) is 100 Å². The van der Waals surface area contributed by atoms with Crippen LogP contribution in [-0.2, 0) is 6.54 Å². The van der Waals surface area contributed by atoms with Crippen molar-refractivity contribution >= 4 is 11.5 Å². The highest BCUT2D eigenvalue weighted by Gasteiger charge is 2.33. The highest BCUT2D eigenvalue weighted by atomic mass is 19.4. The number of hydrogen-bond acceptors (Lipinski definition) is 5. The van der Waals surface area contributed by atoms with Crippen LogP contribution in [0.3, 0.4) is 0 Å². The van der Waals surface area contributed by atoms with Crippen molar-refractivity contribution in [1.82, 2.24) is 4.98 Å². The molecule has 0 bridgehead atoms. The van der Waals surface area contributed by atoms with Gasteiger partial charge in [-0.3, -0.25) is 0 Å². The molecule has 0 amide bonds. The first kappa shape index (κ1) is 11.4. The Bertz CT molecular complexity index is 366. The van der Waals surface area contributed by atoms with Crippen molar-refractivity contribution in [3.8, 4) is 5.75 Å². The van der Waals surface area contributed by atoms with E-state index in [1.807, 2.05) is 0 Å². The second-order valence-electron chi connectivity index (χ2n) is 2.66. The number of ether oxygens (including phenoxy) is 1. The van der Waals surface area contributed by atoms with E-state index in [1.54, 1.807) is 0 Å². The number of pyridine rings is 1. The minimum atomic E-state index is -4.84. The zero-order valence-electron chi connectivity index (χ0n) is 7.51. The highest BCUT2D eigenvalue weighted by molar-refractivity contribution is 5.60. The highest BCUT2D eigenvalue weighted by Crippen LogP contribution is 2.31. The van der Waals surface area contributed by atoms with Crippen molar-refractivity contribution in [3.05, 3.63) is 11.8 Å². The first-order valence-electron chi connectivity index (χ1n) is 3.84. The summed E-state index contributed by atoms with van der Waals surface area (Å²) >= 11 is 0. The maximum atomic E-state index is 12.0. The van der Waals surface area contributed by atoms with Crippen LogP contribution in [-0.4, -0.2) is 11.3 Å². The quantitative estimate of drug-likeness (QED) is 0.680. The number of halogens is 3. The molecule has 0 aromatic carbocycles. The average Bonchev–Trinajstić information content (AvgIpc) is 2.07. The van der Waals surface area contributed by atoms with E-state index in [2.05, 4.69) is 9.72 Å². The lowest BCUT2D eigenvalue weighted by atomic mass is 10.2. The molecule has 1 aromatic heterocycles. The first-order chi connectivity index (χ1) is 6.83. The number of nitrogens with zero attached hydrogens (tertiary/aromatic N) is 1. The van der Waals surface area contributed by atoms with E-state index in [-0.39, 0.29) is 23.7 Å². The van der Waals surface area contributed by atoms with Crippen LogP contribution >= 0.6 is 0 Å². The Morgan fingerprint density at radius 3 is 2.40 bits per heavy atom. The van der Waals surface area contributed by atoms with Crippen molar-refractivity contribution in [2.45, 2.75) is 12.9 Å². The van der Waals surface area contributed by atoms with Crippen LogP contribution in [0.2, 0.25) is 0 Å². The van der Waals surface area contributed by atoms with Crippen LogP contribution in [0.15, 0.2) is 6.07 Å². The van der Waals surface area contributed by atoms with E-state index in [4.69, 9.17) is 17.2 Å². The number of nitrogens with two attached hydrogens (primary N) is 3. The molecule has 0 aliphatic rings. The molecule has 5 nitrogen and oxygen atoms in total. The Labute approximate surface area is 83.0 Å².